The lowest BCUT2D eigenvalue weighted by atomic mass is 9.97. The van der Waals surface area contributed by atoms with E-state index in [-0.39, 0.29) is 11.9 Å². The Morgan fingerprint density at radius 3 is 2.25 bits per heavy atom. The number of piperidine rings is 1. The minimum absolute atomic E-state index is 0.226. The fraction of sp³-hybridized carbons (Fsp3) is 0.750. The number of aliphatic hydroxyl groups is 1. The van der Waals surface area contributed by atoms with Crippen molar-refractivity contribution in [2.24, 2.45) is 5.92 Å². The fourth-order valence-electron chi connectivity index (χ4n) is 2.10. The number of carbonyl (C=O) groups is 3. The number of nitrogens with one attached hydrogen (secondary N) is 1. The molecule has 1 aliphatic heterocycles. The third kappa shape index (κ3) is 4.09. The van der Waals surface area contributed by atoms with E-state index in [1.54, 1.807) is 0 Å². The summed E-state index contributed by atoms with van der Waals surface area (Å²) < 4.78 is 4.64. The lowest BCUT2D eigenvalue weighted by Crippen LogP contribution is -2.54. The van der Waals surface area contributed by atoms with Crippen molar-refractivity contribution in [3.63, 3.8) is 0 Å². The van der Waals surface area contributed by atoms with Crippen LogP contribution < -0.4 is 5.32 Å². The van der Waals surface area contributed by atoms with Crippen LogP contribution in [0.2, 0.25) is 0 Å². The van der Waals surface area contributed by atoms with E-state index in [0.29, 0.717) is 25.9 Å². The topological polar surface area (TPSA) is 116 Å². The van der Waals surface area contributed by atoms with E-state index in [1.807, 2.05) is 0 Å². The molecular weight excluding hydrogens is 268 g/mol. The molecule has 0 aliphatic carbocycles. The molecule has 0 radical (unpaired) electrons. The van der Waals surface area contributed by atoms with Crippen LogP contribution in [-0.2, 0) is 14.3 Å². The van der Waals surface area contributed by atoms with Crippen molar-refractivity contribution in [3.8, 4) is 0 Å². The van der Waals surface area contributed by atoms with E-state index in [0.717, 1.165) is 0 Å². The number of amides is 2. The second-order valence-corrected chi connectivity index (χ2v) is 4.79. The molecule has 3 N–H and O–H groups in total. The minimum Gasteiger partial charge on any atom is -0.480 e. The largest absolute Gasteiger partial charge is 0.480 e. The standard InChI is InChI=1S/C12H20N2O6/c1-7(15)9(10(16)17)13-12(19)14-5-3-8(4-6-14)11(18)20-2/h7-9,15H,3-6H2,1-2H3,(H,13,19)(H,16,17). The molecule has 8 heteroatoms. The van der Waals surface area contributed by atoms with E-state index < -0.39 is 24.1 Å². The second-order valence-electron chi connectivity index (χ2n) is 4.79. The Labute approximate surface area is 116 Å². The normalized spacial score (nSPS) is 19.1. The first-order valence-electron chi connectivity index (χ1n) is 6.41. The van der Waals surface area contributed by atoms with Gasteiger partial charge in [-0.05, 0) is 19.8 Å². The second kappa shape index (κ2) is 7.09. The molecule has 1 fully saturated rings. The Bertz CT molecular complexity index is 376. The first-order chi connectivity index (χ1) is 9.36. The molecule has 1 aliphatic rings. The highest BCUT2D eigenvalue weighted by molar-refractivity contribution is 5.83. The van der Waals surface area contributed by atoms with Crippen LogP contribution in [0.4, 0.5) is 4.79 Å². The van der Waals surface area contributed by atoms with Gasteiger partial charge in [-0.1, -0.05) is 0 Å². The molecule has 2 amide bonds. The van der Waals surface area contributed by atoms with Gasteiger partial charge in [0.15, 0.2) is 6.04 Å². The first-order valence-corrected chi connectivity index (χ1v) is 6.41. The molecule has 20 heavy (non-hydrogen) atoms. The molecular formula is C12H20N2O6. The third-order valence-electron chi connectivity index (χ3n) is 3.34. The van der Waals surface area contributed by atoms with Gasteiger partial charge in [-0.2, -0.15) is 0 Å². The zero-order valence-corrected chi connectivity index (χ0v) is 11.5. The Balaban J connectivity index is 2.50. The molecule has 1 heterocycles. The number of carbonyl (C=O) groups excluding carboxylic acids is 2. The molecule has 0 aromatic heterocycles. The molecule has 114 valence electrons. The molecule has 0 aromatic rings. The predicted molar refractivity (Wildman–Crippen MR) is 67.9 cm³/mol. The van der Waals surface area contributed by atoms with Gasteiger partial charge in [-0.3, -0.25) is 4.79 Å². The summed E-state index contributed by atoms with van der Waals surface area (Å²) in [6.07, 6.45) is -0.233. The maximum absolute atomic E-state index is 11.9. The smallest absolute Gasteiger partial charge is 0.328 e. The molecule has 0 bridgehead atoms. The summed E-state index contributed by atoms with van der Waals surface area (Å²) in [4.78, 5) is 35.5. The van der Waals surface area contributed by atoms with Gasteiger partial charge >= 0.3 is 18.0 Å². The van der Waals surface area contributed by atoms with E-state index in [4.69, 9.17) is 5.11 Å². The summed E-state index contributed by atoms with van der Waals surface area (Å²) in [5.41, 5.74) is 0. The molecule has 0 saturated carbocycles. The van der Waals surface area contributed by atoms with E-state index in [2.05, 4.69) is 10.1 Å². The lowest BCUT2D eigenvalue weighted by molar-refractivity contribution is -0.146. The van der Waals surface area contributed by atoms with Gasteiger partial charge in [0.05, 0.1) is 19.1 Å². The van der Waals surface area contributed by atoms with Gasteiger partial charge in [0, 0.05) is 13.1 Å². The number of methoxy groups -OCH3 is 1. The number of aliphatic carboxylic acids is 1. The number of hydrogen-bond donors (Lipinski definition) is 3. The van der Waals surface area contributed by atoms with Crippen LogP contribution in [0, 0.1) is 5.92 Å². The highest BCUT2D eigenvalue weighted by Gasteiger charge is 2.31. The van der Waals surface area contributed by atoms with E-state index >= 15 is 0 Å². The SMILES string of the molecule is COC(=O)C1CCN(C(=O)NC(C(=O)O)C(C)O)CC1. The first kappa shape index (κ1) is 16.2. The number of esters is 1. The van der Waals surface area contributed by atoms with Crippen LogP contribution in [0.5, 0.6) is 0 Å². The highest BCUT2D eigenvalue weighted by atomic mass is 16.5. The van der Waals surface area contributed by atoms with Crippen LogP contribution >= 0.6 is 0 Å². The fourth-order valence-corrected chi connectivity index (χ4v) is 2.10. The minimum atomic E-state index is -1.35. The summed E-state index contributed by atoms with van der Waals surface area (Å²) in [5, 5.41) is 20.4. The quantitative estimate of drug-likeness (QED) is 0.596. The number of urea groups is 1. The predicted octanol–water partition coefficient (Wildman–Crippen LogP) is -0.585. The Morgan fingerprint density at radius 2 is 1.85 bits per heavy atom. The Hall–Kier alpha value is -1.83. The van der Waals surface area contributed by atoms with Crippen LogP contribution in [0.1, 0.15) is 19.8 Å². The number of carboxylic acid groups (broad SMARTS) is 1. The summed E-state index contributed by atoms with van der Waals surface area (Å²) in [5.74, 6) is -1.81. The molecule has 2 unspecified atom stereocenters. The molecule has 2 atom stereocenters. The number of rotatable bonds is 4. The number of ether oxygens (including phenoxy) is 1. The van der Waals surface area contributed by atoms with Crippen molar-refractivity contribution in [3.05, 3.63) is 0 Å². The van der Waals surface area contributed by atoms with Crippen molar-refractivity contribution < 1.29 is 29.3 Å². The van der Waals surface area contributed by atoms with Gasteiger partial charge in [-0.25, -0.2) is 9.59 Å². The molecule has 8 nitrogen and oxygen atoms in total. The number of carboxylic acids is 1. The van der Waals surface area contributed by atoms with Gasteiger partial charge < -0.3 is 25.2 Å². The lowest BCUT2D eigenvalue weighted by Gasteiger charge is -2.31. The van der Waals surface area contributed by atoms with Crippen LogP contribution in [-0.4, -0.2) is 65.4 Å². The molecule has 1 rings (SSSR count). The van der Waals surface area contributed by atoms with Crippen LogP contribution in [0.15, 0.2) is 0 Å². The zero-order valence-electron chi connectivity index (χ0n) is 11.5. The van der Waals surface area contributed by atoms with E-state index in [9.17, 15) is 19.5 Å². The summed E-state index contributed by atoms with van der Waals surface area (Å²) in [6, 6.07) is -1.90. The zero-order chi connectivity index (χ0) is 15.3. The summed E-state index contributed by atoms with van der Waals surface area (Å²) in [7, 11) is 1.32. The summed E-state index contributed by atoms with van der Waals surface area (Å²) >= 11 is 0. The van der Waals surface area contributed by atoms with Gasteiger partial charge in [0.2, 0.25) is 0 Å². The number of aliphatic hydroxyl groups excluding tert-OH is 1. The highest BCUT2D eigenvalue weighted by Crippen LogP contribution is 2.18. The van der Waals surface area contributed by atoms with Crippen molar-refractivity contribution in [2.45, 2.75) is 31.9 Å². The van der Waals surface area contributed by atoms with Crippen LogP contribution in [0.25, 0.3) is 0 Å². The maximum atomic E-state index is 11.9. The monoisotopic (exact) mass is 288 g/mol. The number of hydrogen-bond acceptors (Lipinski definition) is 5. The number of likely N-dealkylation sites (tertiary alicyclic amines) is 1. The van der Waals surface area contributed by atoms with Gasteiger partial charge in [0.1, 0.15) is 0 Å². The average molecular weight is 288 g/mol. The van der Waals surface area contributed by atoms with Gasteiger partial charge in [-0.15, -0.1) is 0 Å². The van der Waals surface area contributed by atoms with Gasteiger partial charge in [0.25, 0.3) is 0 Å². The van der Waals surface area contributed by atoms with Crippen LogP contribution in [0.3, 0.4) is 0 Å². The van der Waals surface area contributed by atoms with Crippen molar-refractivity contribution in [1.82, 2.24) is 10.2 Å². The molecule has 0 spiro atoms. The summed E-state index contributed by atoms with van der Waals surface area (Å²) in [6.45, 7) is 1.98. The van der Waals surface area contributed by atoms with Crippen molar-refractivity contribution in [1.29, 1.82) is 0 Å². The Kier molecular flexibility index (Phi) is 5.75. The third-order valence-corrected chi connectivity index (χ3v) is 3.34. The molecule has 0 aromatic carbocycles. The Morgan fingerprint density at radius 1 is 1.30 bits per heavy atom. The molecule has 1 saturated heterocycles. The van der Waals surface area contributed by atoms with Crippen molar-refractivity contribution in [2.75, 3.05) is 20.2 Å². The average Bonchev–Trinajstić information content (AvgIpc) is 2.43. The maximum Gasteiger partial charge on any atom is 0.328 e. The van der Waals surface area contributed by atoms with Crippen molar-refractivity contribution >= 4 is 18.0 Å². The number of nitrogens with zero attached hydrogens (tertiary/aromatic N) is 1. The van der Waals surface area contributed by atoms with E-state index in [1.165, 1.54) is 18.9 Å².